The van der Waals surface area contributed by atoms with Gasteiger partial charge in [-0.25, -0.2) is 0 Å². The number of para-hydroxylation sites is 1. The van der Waals surface area contributed by atoms with Gasteiger partial charge in [0.15, 0.2) is 5.78 Å². The van der Waals surface area contributed by atoms with E-state index in [4.69, 9.17) is 4.74 Å². The summed E-state index contributed by atoms with van der Waals surface area (Å²) >= 11 is 0. The summed E-state index contributed by atoms with van der Waals surface area (Å²) in [6, 6.07) is 8.12. The molecule has 5 nitrogen and oxygen atoms in total. The molecule has 19 heavy (non-hydrogen) atoms. The molecule has 1 aromatic carbocycles. The Morgan fingerprint density at radius 2 is 1.95 bits per heavy atom. The lowest BCUT2D eigenvalue weighted by Crippen LogP contribution is -2.59. The molecular formula is C14H17NO4. The number of methoxy groups -OCH3 is 1. The van der Waals surface area contributed by atoms with Crippen molar-refractivity contribution in [2.45, 2.75) is 24.7 Å². The van der Waals surface area contributed by atoms with Gasteiger partial charge in [-0.15, -0.1) is 0 Å². The van der Waals surface area contributed by atoms with Crippen LogP contribution in [0.5, 0.6) is 0 Å². The smallest absolute Gasteiger partial charge is 0.184 e. The summed E-state index contributed by atoms with van der Waals surface area (Å²) in [5, 5.41) is 23.3. The zero-order valence-corrected chi connectivity index (χ0v) is 10.8. The topological polar surface area (TPSA) is 78.8 Å². The van der Waals surface area contributed by atoms with Crippen molar-refractivity contribution >= 4 is 11.5 Å². The molecule has 0 amide bonds. The van der Waals surface area contributed by atoms with Crippen LogP contribution in [0.2, 0.25) is 0 Å². The number of anilines is 1. The molecule has 0 fully saturated rings. The van der Waals surface area contributed by atoms with Crippen LogP contribution in [0.15, 0.2) is 42.2 Å². The fourth-order valence-electron chi connectivity index (χ4n) is 2.13. The number of nitrogens with one attached hydrogen (secondary N) is 1. The molecule has 1 aromatic rings. The lowest BCUT2D eigenvalue weighted by molar-refractivity contribution is -0.131. The van der Waals surface area contributed by atoms with Crippen LogP contribution >= 0.6 is 0 Å². The number of carbonyl (C=O) groups excluding carboxylic acids is 1. The van der Waals surface area contributed by atoms with Gasteiger partial charge in [-0.2, -0.15) is 0 Å². The molecular weight excluding hydrogens is 246 g/mol. The Morgan fingerprint density at radius 1 is 1.32 bits per heavy atom. The van der Waals surface area contributed by atoms with Gasteiger partial charge >= 0.3 is 0 Å². The third kappa shape index (κ3) is 2.47. The quantitative estimate of drug-likeness (QED) is 0.748. The normalized spacial score (nSPS) is 30.7. The molecule has 102 valence electrons. The molecule has 2 rings (SSSR count). The number of benzene rings is 1. The van der Waals surface area contributed by atoms with E-state index in [1.165, 1.54) is 20.1 Å². The minimum Gasteiger partial charge on any atom is -0.498 e. The Hall–Kier alpha value is -1.85. The highest BCUT2D eigenvalue weighted by Gasteiger charge is 2.48. The maximum absolute atomic E-state index is 12.0. The first-order chi connectivity index (χ1) is 8.96. The van der Waals surface area contributed by atoms with Crippen LogP contribution in [0.3, 0.4) is 0 Å². The van der Waals surface area contributed by atoms with E-state index < -0.39 is 17.7 Å². The van der Waals surface area contributed by atoms with Crippen LogP contribution in [0.4, 0.5) is 5.69 Å². The molecule has 0 aliphatic heterocycles. The van der Waals surface area contributed by atoms with Crippen LogP contribution in [-0.2, 0) is 9.53 Å². The van der Waals surface area contributed by atoms with E-state index in [0.717, 1.165) is 0 Å². The van der Waals surface area contributed by atoms with E-state index in [1.54, 1.807) is 12.1 Å². The highest BCUT2D eigenvalue weighted by molar-refractivity contribution is 5.99. The van der Waals surface area contributed by atoms with Crippen molar-refractivity contribution in [2.75, 3.05) is 12.4 Å². The van der Waals surface area contributed by atoms with E-state index in [0.29, 0.717) is 5.69 Å². The third-order valence-corrected chi connectivity index (χ3v) is 3.30. The number of rotatable bonds is 3. The third-order valence-electron chi connectivity index (χ3n) is 3.30. The predicted octanol–water partition coefficient (Wildman–Crippen LogP) is 0.692. The van der Waals surface area contributed by atoms with Gasteiger partial charge in [-0.3, -0.25) is 4.79 Å². The lowest BCUT2D eigenvalue weighted by atomic mass is 9.81. The largest absolute Gasteiger partial charge is 0.498 e. The molecule has 3 N–H and O–H groups in total. The summed E-state index contributed by atoms with van der Waals surface area (Å²) in [5.41, 5.74) is -0.949. The molecule has 0 radical (unpaired) electrons. The van der Waals surface area contributed by atoms with E-state index in [2.05, 4.69) is 5.32 Å². The number of aliphatic hydroxyl groups excluding tert-OH is 1. The summed E-state index contributed by atoms with van der Waals surface area (Å²) in [6.45, 7) is 1.40. The van der Waals surface area contributed by atoms with Crippen molar-refractivity contribution in [3.63, 3.8) is 0 Å². The molecule has 3 unspecified atom stereocenters. The molecule has 1 aliphatic carbocycles. The molecule has 3 atom stereocenters. The maximum Gasteiger partial charge on any atom is 0.184 e. The van der Waals surface area contributed by atoms with E-state index in [9.17, 15) is 15.0 Å². The zero-order chi connectivity index (χ0) is 14.0. The van der Waals surface area contributed by atoms with Gasteiger partial charge in [0.25, 0.3) is 0 Å². The minimum absolute atomic E-state index is 0.0705. The molecule has 0 aromatic heterocycles. The monoisotopic (exact) mass is 263 g/mol. The second kappa shape index (κ2) is 5.03. The predicted molar refractivity (Wildman–Crippen MR) is 70.6 cm³/mol. The highest BCUT2D eigenvalue weighted by atomic mass is 16.5. The van der Waals surface area contributed by atoms with Crippen LogP contribution in [0, 0.1) is 0 Å². The summed E-state index contributed by atoms with van der Waals surface area (Å²) in [6.07, 6.45) is -0.0418. The Morgan fingerprint density at radius 3 is 2.53 bits per heavy atom. The Labute approximate surface area is 111 Å². The zero-order valence-electron chi connectivity index (χ0n) is 10.8. The molecule has 1 aliphatic rings. The van der Waals surface area contributed by atoms with E-state index in [-0.39, 0.29) is 11.5 Å². The minimum atomic E-state index is -1.65. The number of hydrogen-bond acceptors (Lipinski definition) is 5. The number of carbonyl (C=O) groups is 1. The van der Waals surface area contributed by atoms with Gasteiger partial charge in [0.05, 0.1) is 7.11 Å². The first-order valence-electron chi connectivity index (χ1n) is 5.98. The summed E-state index contributed by atoms with van der Waals surface area (Å²) in [4.78, 5) is 12.0. The molecule has 0 spiro atoms. The van der Waals surface area contributed by atoms with Crippen molar-refractivity contribution < 1.29 is 19.7 Å². The second-order valence-electron chi connectivity index (χ2n) is 4.72. The Balaban J connectivity index is 2.30. The van der Waals surface area contributed by atoms with Crippen molar-refractivity contribution in [1.82, 2.24) is 0 Å². The van der Waals surface area contributed by atoms with Crippen molar-refractivity contribution in [3.05, 3.63) is 42.2 Å². The fraction of sp³-hybridized carbons (Fsp3) is 0.357. The summed E-state index contributed by atoms with van der Waals surface area (Å²) in [5.74, 6) is -0.267. The van der Waals surface area contributed by atoms with E-state index in [1.807, 2.05) is 18.2 Å². The van der Waals surface area contributed by atoms with Crippen LogP contribution in [-0.4, -0.2) is 40.9 Å². The Kier molecular flexibility index (Phi) is 3.59. The lowest BCUT2D eigenvalue weighted by Gasteiger charge is -2.39. The molecule has 5 heteroatoms. The van der Waals surface area contributed by atoms with Gasteiger partial charge in [-0.05, 0) is 19.1 Å². The second-order valence-corrected chi connectivity index (χ2v) is 4.72. The van der Waals surface area contributed by atoms with E-state index >= 15 is 0 Å². The van der Waals surface area contributed by atoms with Gasteiger partial charge in [-0.1, -0.05) is 18.2 Å². The standard InChI is InChI=1S/C14H17NO4/c1-14(18)12(15-9-6-4-3-5-7-9)10(16)8-11(19-2)13(14)17/h3-8,12-13,15,17-18H,1-2H3. The first kappa shape index (κ1) is 13.6. The molecule has 0 bridgehead atoms. The van der Waals surface area contributed by atoms with Crippen molar-refractivity contribution in [3.8, 4) is 0 Å². The number of ketones is 1. The van der Waals surface area contributed by atoms with Crippen LogP contribution < -0.4 is 5.32 Å². The van der Waals surface area contributed by atoms with Gasteiger partial charge in [0.1, 0.15) is 23.5 Å². The van der Waals surface area contributed by atoms with Crippen LogP contribution in [0.25, 0.3) is 0 Å². The summed E-state index contributed by atoms with van der Waals surface area (Å²) < 4.78 is 4.91. The maximum atomic E-state index is 12.0. The number of ether oxygens (including phenoxy) is 1. The van der Waals surface area contributed by atoms with Crippen molar-refractivity contribution in [1.29, 1.82) is 0 Å². The SMILES string of the molecule is COC1=CC(=O)C(Nc2ccccc2)C(C)(O)C1O. The van der Waals surface area contributed by atoms with Crippen LogP contribution in [0.1, 0.15) is 6.92 Å². The molecule has 0 saturated carbocycles. The first-order valence-corrected chi connectivity index (χ1v) is 5.98. The summed E-state index contributed by atoms with van der Waals surface area (Å²) in [7, 11) is 1.35. The highest BCUT2D eigenvalue weighted by Crippen LogP contribution is 2.29. The number of aliphatic hydroxyl groups is 2. The van der Waals surface area contributed by atoms with Gasteiger partial charge < -0.3 is 20.3 Å². The number of hydrogen-bond donors (Lipinski definition) is 3. The van der Waals surface area contributed by atoms with Gasteiger partial charge in [0.2, 0.25) is 0 Å². The van der Waals surface area contributed by atoms with Gasteiger partial charge in [0, 0.05) is 11.8 Å². The van der Waals surface area contributed by atoms with Crippen molar-refractivity contribution in [2.24, 2.45) is 0 Å². The molecule has 0 heterocycles. The Bertz CT molecular complexity index is 495. The average molecular weight is 263 g/mol. The average Bonchev–Trinajstić information content (AvgIpc) is 2.40. The molecule has 0 saturated heterocycles. The fourth-order valence-corrected chi connectivity index (χ4v) is 2.13.